The van der Waals surface area contributed by atoms with Crippen LogP contribution in [0, 0.1) is 0 Å². The van der Waals surface area contributed by atoms with Crippen molar-refractivity contribution in [3.05, 3.63) is 28.2 Å². The molecule has 2 N–H and O–H groups in total. The molecule has 0 aliphatic carbocycles. The fraction of sp³-hybridized carbons (Fsp3) is 0.500. The van der Waals surface area contributed by atoms with E-state index in [-0.39, 0.29) is 12.6 Å². The number of fused-ring (bicyclic) bond motifs is 1. The number of rotatable bonds is 3. The van der Waals surface area contributed by atoms with Gasteiger partial charge in [-0.2, -0.15) is 0 Å². The summed E-state index contributed by atoms with van der Waals surface area (Å²) in [6.07, 6.45) is 1.12. The summed E-state index contributed by atoms with van der Waals surface area (Å²) in [6, 6.07) is 6.96. The van der Waals surface area contributed by atoms with Crippen LogP contribution in [0.2, 0.25) is 0 Å². The molecule has 1 unspecified atom stereocenters. The minimum absolute atomic E-state index is 0.153. The van der Waals surface area contributed by atoms with Crippen LogP contribution >= 0.6 is 27.7 Å². The Labute approximate surface area is 109 Å². The second-order valence-corrected chi connectivity index (χ2v) is 6.17. The van der Waals surface area contributed by atoms with E-state index in [1.807, 2.05) is 18.7 Å². The molecule has 2 nitrogen and oxygen atoms in total. The molecule has 0 aromatic heterocycles. The summed E-state index contributed by atoms with van der Waals surface area (Å²) in [5, 5.41) is 12.6. The summed E-state index contributed by atoms with van der Waals surface area (Å²) in [5.41, 5.74) is 1.35. The van der Waals surface area contributed by atoms with Gasteiger partial charge < -0.3 is 10.4 Å². The largest absolute Gasteiger partial charge is 0.395 e. The Morgan fingerprint density at radius 1 is 1.62 bits per heavy atom. The smallest absolute Gasteiger partial charge is 0.0582 e. The number of halogens is 1. The molecule has 2 atom stereocenters. The molecule has 0 saturated heterocycles. The van der Waals surface area contributed by atoms with Crippen LogP contribution in [0.3, 0.4) is 0 Å². The van der Waals surface area contributed by atoms with E-state index >= 15 is 0 Å². The number of aliphatic hydroxyl groups excluding tert-OH is 1. The zero-order chi connectivity index (χ0) is 11.5. The quantitative estimate of drug-likeness (QED) is 0.900. The Hall–Kier alpha value is -0.0300. The van der Waals surface area contributed by atoms with Gasteiger partial charge in [0.05, 0.1) is 6.61 Å². The molecule has 1 heterocycles. The van der Waals surface area contributed by atoms with Crippen molar-refractivity contribution in [3.8, 4) is 0 Å². The monoisotopic (exact) mass is 301 g/mol. The van der Waals surface area contributed by atoms with Crippen molar-refractivity contribution in [1.82, 2.24) is 5.32 Å². The molecule has 1 aromatic carbocycles. The van der Waals surface area contributed by atoms with Crippen LogP contribution in [-0.2, 0) is 0 Å². The molecule has 1 aromatic rings. The van der Waals surface area contributed by atoms with Crippen molar-refractivity contribution in [2.75, 3.05) is 12.4 Å². The fourth-order valence-electron chi connectivity index (χ4n) is 1.93. The van der Waals surface area contributed by atoms with E-state index in [1.165, 1.54) is 10.5 Å². The number of benzene rings is 1. The maximum atomic E-state index is 9.09. The molecule has 1 aliphatic rings. The fourth-order valence-corrected chi connectivity index (χ4v) is 3.42. The SMILES string of the molecule is C[C@@H](CO)NC1CCSc2ccc(Br)cc21. The van der Waals surface area contributed by atoms with Crippen LogP contribution in [0.15, 0.2) is 27.6 Å². The van der Waals surface area contributed by atoms with Gasteiger partial charge in [0.2, 0.25) is 0 Å². The van der Waals surface area contributed by atoms with Crippen molar-refractivity contribution in [3.63, 3.8) is 0 Å². The number of hydrogen-bond donors (Lipinski definition) is 2. The molecule has 4 heteroatoms. The Balaban J connectivity index is 2.21. The van der Waals surface area contributed by atoms with Gasteiger partial charge in [-0.15, -0.1) is 11.8 Å². The van der Waals surface area contributed by atoms with Gasteiger partial charge in [0.1, 0.15) is 0 Å². The highest BCUT2D eigenvalue weighted by molar-refractivity contribution is 9.10. The molecule has 0 fully saturated rings. The summed E-state index contributed by atoms with van der Waals surface area (Å²) < 4.78 is 1.12. The first-order chi connectivity index (χ1) is 7.70. The van der Waals surface area contributed by atoms with Gasteiger partial charge in [-0.1, -0.05) is 15.9 Å². The second kappa shape index (κ2) is 5.54. The Bertz CT molecular complexity index is 372. The van der Waals surface area contributed by atoms with Gasteiger partial charge in [-0.3, -0.25) is 0 Å². The molecule has 0 amide bonds. The second-order valence-electron chi connectivity index (χ2n) is 4.12. The molecule has 16 heavy (non-hydrogen) atoms. The summed E-state index contributed by atoms with van der Waals surface area (Å²) in [7, 11) is 0. The van der Waals surface area contributed by atoms with E-state index in [0.29, 0.717) is 6.04 Å². The molecular formula is C12H16BrNOS. The maximum Gasteiger partial charge on any atom is 0.0582 e. The normalized spacial score (nSPS) is 21.6. The first kappa shape index (κ1) is 12.4. The number of thioether (sulfide) groups is 1. The van der Waals surface area contributed by atoms with Gasteiger partial charge in [0, 0.05) is 21.5 Å². The highest BCUT2D eigenvalue weighted by Crippen LogP contribution is 2.37. The van der Waals surface area contributed by atoms with Crippen molar-refractivity contribution in [1.29, 1.82) is 0 Å². The zero-order valence-electron chi connectivity index (χ0n) is 9.24. The molecular weight excluding hydrogens is 286 g/mol. The predicted octanol–water partition coefficient (Wildman–Crippen LogP) is 2.96. The van der Waals surface area contributed by atoms with E-state index in [1.54, 1.807) is 0 Å². The molecule has 0 bridgehead atoms. The van der Waals surface area contributed by atoms with Gasteiger partial charge in [-0.25, -0.2) is 0 Å². The lowest BCUT2D eigenvalue weighted by Gasteiger charge is -2.28. The zero-order valence-corrected chi connectivity index (χ0v) is 11.6. The number of nitrogens with one attached hydrogen (secondary N) is 1. The van der Waals surface area contributed by atoms with E-state index in [4.69, 9.17) is 5.11 Å². The first-order valence-corrected chi connectivity index (χ1v) is 7.27. The highest BCUT2D eigenvalue weighted by atomic mass is 79.9. The molecule has 0 saturated carbocycles. The molecule has 0 spiro atoms. The number of aliphatic hydroxyl groups is 1. The van der Waals surface area contributed by atoms with Crippen molar-refractivity contribution in [2.45, 2.75) is 30.3 Å². The summed E-state index contributed by atoms with van der Waals surface area (Å²) in [4.78, 5) is 1.36. The third kappa shape index (κ3) is 2.80. The Morgan fingerprint density at radius 3 is 3.19 bits per heavy atom. The van der Waals surface area contributed by atoms with E-state index < -0.39 is 0 Å². The summed E-state index contributed by atoms with van der Waals surface area (Å²) in [6.45, 7) is 2.20. The Kier molecular flexibility index (Phi) is 4.30. The highest BCUT2D eigenvalue weighted by Gasteiger charge is 2.21. The van der Waals surface area contributed by atoms with Gasteiger partial charge >= 0.3 is 0 Å². The van der Waals surface area contributed by atoms with Gasteiger partial charge in [0.25, 0.3) is 0 Å². The topological polar surface area (TPSA) is 32.3 Å². The molecule has 0 radical (unpaired) electrons. The van der Waals surface area contributed by atoms with E-state index in [9.17, 15) is 0 Å². The third-order valence-electron chi connectivity index (χ3n) is 2.77. The molecule has 2 rings (SSSR count). The lowest BCUT2D eigenvalue weighted by atomic mass is 10.0. The standard InChI is InChI=1S/C12H16BrNOS/c1-8(7-15)14-11-4-5-16-12-3-2-9(13)6-10(11)12/h2-3,6,8,11,14-15H,4-5,7H2,1H3/t8-,11?/m0/s1. The van der Waals surface area contributed by atoms with Crippen LogP contribution < -0.4 is 5.32 Å². The van der Waals surface area contributed by atoms with Crippen LogP contribution in [0.25, 0.3) is 0 Å². The van der Waals surface area contributed by atoms with Crippen molar-refractivity contribution in [2.24, 2.45) is 0 Å². The van der Waals surface area contributed by atoms with Crippen molar-refractivity contribution >= 4 is 27.7 Å². The van der Waals surface area contributed by atoms with Crippen LogP contribution in [-0.4, -0.2) is 23.5 Å². The molecule has 88 valence electrons. The Morgan fingerprint density at radius 2 is 2.44 bits per heavy atom. The summed E-state index contributed by atoms with van der Waals surface area (Å²) in [5.74, 6) is 1.14. The lowest BCUT2D eigenvalue weighted by Crippen LogP contribution is -2.34. The van der Waals surface area contributed by atoms with E-state index in [2.05, 4.69) is 39.4 Å². The minimum Gasteiger partial charge on any atom is -0.395 e. The predicted molar refractivity (Wildman–Crippen MR) is 71.9 cm³/mol. The van der Waals surface area contributed by atoms with Crippen molar-refractivity contribution < 1.29 is 5.11 Å². The molecule has 1 aliphatic heterocycles. The summed E-state index contributed by atoms with van der Waals surface area (Å²) >= 11 is 5.43. The lowest BCUT2D eigenvalue weighted by molar-refractivity contribution is 0.239. The number of hydrogen-bond acceptors (Lipinski definition) is 3. The van der Waals surface area contributed by atoms with Crippen LogP contribution in [0.1, 0.15) is 24.9 Å². The third-order valence-corrected chi connectivity index (χ3v) is 4.39. The van der Waals surface area contributed by atoms with Gasteiger partial charge in [-0.05, 0) is 42.9 Å². The average Bonchev–Trinajstić information content (AvgIpc) is 2.29. The minimum atomic E-state index is 0.153. The maximum absolute atomic E-state index is 9.09. The van der Waals surface area contributed by atoms with Gasteiger partial charge in [0.15, 0.2) is 0 Å². The van der Waals surface area contributed by atoms with Crippen LogP contribution in [0.5, 0.6) is 0 Å². The average molecular weight is 302 g/mol. The van der Waals surface area contributed by atoms with E-state index in [0.717, 1.165) is 16.6 Å². The first-order valence-electron chi connectivity index (χ1n) is 5.50. The van der Waals surface area contributed by atoms with Crippen LogP contribution in [0.4, 0.5) is 0 Å².